The molecule has 7 nitrogen and oxygen atoms in total. The van der Waals surface area contributed by atoms with Crippen LogP contribution in [0.4, 0.5) is 5.69 Å². The Morgan fingerprint density at radius 3 is 2.50 bits per heavy atom. The number of benzene rings is 2. The van der Waals surface area contributed by atoms with Gasteiger partial charge in [0.15, 0.2) is 22.5 Å². The predicted octanol–water partition coefficient (Wildman–Crippen LogP) is 3.71. The van der Waals surface area contributed by atoms with E-state index in [0.29, 0.717) is 23.2 Å². The number of rotatable bonds is 8. The molecule has 8 heteroatoms. The summed E-state index contributed by atoms with van der Waals surface area (Å²) in [5, 5.41) is 12.1. The molecule has 1 N–H and O–H groups in total. The van der Waals surface area contributed by atoms with Crippen LogP contribution in [0.25, 0.3) is 11.4 Å². The number of carbonyl (C=O) groups excluding carboxylic acids is 1. The van der Waals surface area contributed by atoms with Gasteiger partial charge in [-0.3, -0.25) is 4.79 Å². The van der Waals surface area contributed by atoms with Crippen LogP contribution in [0, 0.1) is 0 Å². The number of aromatic nitrogens is 3. The van der Waals surface area contributed by atoms with Crippen LogP contribution in [0.15, 0.2) is 53.7 Å². The first-order valence-corrected chi connectivity index (χ1v) is 9.78. The molecule has 0 spiro atoms. The van der Waals surface area contributed by atoms with Crippen LogP contribution >= 0.6 is 11.8 Å². The molecule has 0 unspecified atom stereocenters. The molecule has 0 saturated heterocycles. The summed E-state index contributed by atoms with van der Waals surface area (Å²) in [6.07, 6.45) is 0. The second kappa shape index (κ2) is 9.27. The van der Waals surface area contributed by atoms with E-state index in [-0.39, 0.29) is 11.7 Å². The van der Waals surface area contributed by atoms with Crippen molar-refractivity contribution in [3.8, 4) is 22.9 Å². The van der Waals surface area contributed by atoms with Crippen LogP contribution in [-0.4, -0.2) is 40.6 Å². The van der Waals surface area contributed by atoms with Crippen LogP contribution in [0.5, 0.6) is 11.5 Å². The van der Waals surface area contributed by atoms with E-state index >= 15 is 0 Å². The third-order valence-electron chi connectivity index (χ3n) is 4.06. The molecular formula is C20H22N4O3S. The van der Waals surface area contributed by atoms with E-state index in [1.54, 1.807) is 14.2 Å². The number of nitrogens with zero attached hydrogens (tertiary/aromatic N) is 3. The van der Waals surface area contributed by atoms with Crippen molar-refractivity contribution in [3.63, 3.8) is 0 Å². The molecule has 0 atom stereocenters. The average molecular weight is 398 g/mol. The summed E-state index contributed by atoms with van der Waals surface area (Å²) in [5.74, 6) is 2.16. The van der Waals surface area contributed by atoms with Gasteiger partial charge in [-0.15, -0.1) is 10.2 Å². The highest BCUT2D eigenvalue weighted by molar-refractivity contribution is 7.99. The highest BCUT2D eigenvalue weighted by atomic mass is 32.2. The first kappa shape index (κ1) is 19.8. The molecule has 0 aliphatic rings. The Kier molecular flexibility index (Phi) is 6.54. The molecule has 3 aromatic rings. The second-order valence-electron chi connectivity index (χ2n) is 5.82. The minimum Gasteiger partial charge on any atom is -0.493 e. The lowest BCUT2D eigenvalue weighted by Crippen LogP contribution is -2.14. The van der Waals surface area contributed by atoms with Crippen molar-refractivity contribution in [2.75, 3.05) is 25.3 Å². The summed E-state index contributed by atoms with van der Waals surface area (Å²) in [6, 6.07) is 15.0. The Bertz CT molecular complexity index is 944. The lowest BCUT2D eigenvalue weighted by atomic mass is 10.2. The van der Waals surface area contributed by atoms with Gasteiger partial charge in [0, 0.05) is 17.8 Å². The lowest BCUT2D eigenvalue weighted by molar-refractivity contribution is -0.113. The number of ether oxygens (including phenoxy) is 2. The van der Waals surface area contributed by atoms with Crippen molar-refractivity contribution < 1.29 is 14.3 Å². The van der Waals surface area contributed by atoms with E-state index in [9.17, 15) is 4.79 Å². The molecule has 1 heterocycles. The average Bonchev–Trinajstić information content (AvgIpc) is 3.15. The van der Waals surface area contributed by atoms with Gasteiger partial charge >= 0.3 is 0 Å². The molecule has 0 fully saturated rings. The van der Waals surface area contributed by atoms with Crippen molar-refractivity contribution >= 4 is 23.4 Å². The summed E-state index contributed by atoms with van der Waals surface area (Å²) in [7, 11) is 3.19. The van der Waals surface area contributed by atoms with Gasteiger partial charge in [-0.05, 0) is 37.3 Å². The summed E-state index contributed by atoms with van der Waals surface area (Å²) < 4.78 is 12.6. The van der Waals surface area contributed by atoms with Crippen molar-refractivity contribution in [2.45, 2.75) is 18.6 Å². The van der Waals surface area contributed by atoms with Gasteiger partial charge in [0.1, 0.15) is 0 Å². The Balaban J connectivity index is 1.74. The smallest absolute Gasteiger partial charge is 0.234 e. The van der Waals surface area contributed by atoms with Gasteiger partial charge in [-0.2, -0.15) is 0 Å². The quantitative estimate of drug-likeness (QED) is 0.583. The van der Waals surface area contributed by atoms with E-state index < -0.39 is 0 Å². The molecule has 146 valence electrons. The van der Waals surface area contributed by atoms with E-state index in [2.05, 4.69) is 15.5 Å². The molecule has 0 saturated carbocycles. The molecule has 0 radical (unpaired) electrons. The fraction of sp³-hybridized carbons (Fsp3) is 0.250. The number of thioether (sulfide) groups is 1. The number of hydrogen-bond acceptors (Lipinski definition) is 6. The molecule has 0 bridgehead atoms. The zero-order chi connectivity index (χ0) is 19.9. The van der Waals surface area contributed by atoms with Crippen LogP contribution in [0.1, 0.15) is 6.92 Å². The van der Waals surface area contributed by atoms with Crippen LogP contribution < -0.4 is 14.8 Å². The van der Waals surface area contributed by atoms with Crippen molar-refractivity contribution in [1.29, 1.82) is 0 Å². The Hall–Kier alpha value is -3.00. The van der Waals surface area contributed by atoms with E-state index in [4.69, 9.17) is 9.47 Å². The van der Waals surface area contributed by atoms with Crippen molar-refractivity contribution in [1.82, 2.24) is 14.8 Å². The first-order valence-electron chi connectivity index (χ1n) is 8.79. The zero-order valence-electron chi connectivity index (χ0n) is 16.0. The van der Waals surface area contributed by atoms with Gasteiger partial charge in [0.05, 0.1) is 20.0 Å². The van der Waals surface area contributed by atoms with E-state index in [1.165, 1.54) is 11.8 Å². The minimum absolute atomic E-state index is 0.0884. The van der Waals surface area contributed by atoms with Gasteiger partial charge in [0.2, 0.25) is 5.91 Å². The number of methoxy groups -OCH3 is 2. The van der Waals surface area contributed by atoms with Gasteiger partial charge < -0.3 is 19.4 Å². The highest BCUT2D eigenvalue weighted by Crippen LogP contribution is 2.32. The number of para-hydroxylation sites is 1. The molecule has 1 amide bonds. The monoisotopic (exact) mass is 398 g/mol. The normalized spacial score (nSPS) is 10.5. The molecule has 1 aromatic heterocycles. The first-order chi connectivity index (χ1) is 13.7. The summed E-state index contributed by atoms with van der Waals surface area (Å²) in [6.45, 7) is 2.70. The maximum absolute atomic E-state index is 12.2. The van der Waals surface area contributed by atoms with E-state index in [0.717, 1.165) is 17.1 Å². The zero-order valence-corrected chi connectivity index (χ0v) is 16.8. The molecule has 0 aliphatic heterocycles. The number of nitrogens with one attached hydrogen (secondary N) is 1. The number of carbonyl (C=O) groups is 1. The van der Waals surface area contributed by atoms with E-state index in [1.807, 2.05) is 60.0 Å². The van der Waals surface area contributed by atoms with Crippen molar-refractivity contribution in [2.24, 2.45) is 0 Å². The maximum Gasteiger partial charge on any atom is 0.234 e. The van der Waals surface area contributed by atoms with Gasteiger partial charge in [-0.1, -0.05) is 30.0 Å². The molecule has 28 heavy (non-hydrogen) atoms. The maximum atomic E-state index is 12.2. The molecular weight excluding hydrogens is 376 g/mol. The fourth-order valence-corrected chi connectivity index (χ4v) is 3.52. The summed E-state index contributed by atoms with van der Waals surface area (Å²) in [5.41, 5.74) is 1.64. The second-order valence-corrected chi connectivity index (χ2v) is 6.77. The number of hydrogen-bond donors (Lipinski definition) is 1. The Labute approximate surface area is 168 Å². The summed E-state index contributed by atoms with van der Waals surface area (Å²) in [4.78, 5) is 12.2. The Morgan fingerprint density at radius 2 is 1.82 bits per heavy atom. The topological polar surface area (TPSA) is 78.3 Å². The predicted molar refractivity (Wildman–Crippen MR) is 110 cm³/mol. The highest BCUT2D eigenvalue weighted by Gasteiger charge is 2.16. The van der Waals surface area contributed by atoms with Crippen LogP contribution in [0.3, 0.4) is 0 Å². The SMILES string of the molecule is CCn1c(SCC(=O)Nc2ccccc2)nnc1-c1ccc(OC)c(OC)c1. The Morgan fingerprint density at radius 1 is 1.07 bits per heavy atom. The number of amides is 1. The van der Waals surface area contributed by atoms with Crippen LogP contribution in [0.2, 0.25) is 0 Å². The lowest BCUT2D eigenvalue weighted by Gasteiger charge is -2.11. The standard InChI is InChI=1S/C20H22N4O3S/c1-4-24-19(14-10-11-16(26-2)17(12-14)27-3)22-23-20(24)28-13-18(25)21-15-8-6-5-7-9-15/h5-12H,4,13H2,1-3H3,(H,21,25). The molecule has 2 aromatic carbocycles. The third kappa shape index (κ3) is 4.45. The molecule has 0 aliphatic carbocycles. The minimum atomic E-state index is -0.0884. The van der Waals surface area contributed by atoms with Crippen molar-refractivity contribution in [3.05, 3.63) is 48.5 Å². The third-order valence-corrected chi connectivity index (χ3v) is 5.03. The van der Waals surface area contributed by atoms with Crippen LogP contribution in [-0.2, 0) is 11.3 Å². The largest absolute Gasteiger partial charge is 0.493 e. The summed E-state index contributed by atoms with van der Waals surface area (Å²) >= 11 is 1.35. The van der Waals surface area contributed by atoms with Gasteiger partial charge in [0.25, 0.3) is 0 Å². The molecule has 3 rings (SSSR count). The van der Waals surface area contributed by atoms with Gasteiger partial charge in [-0.25, -0.2) is 0 Å². The number of anilines is 1. The fourth-order valence-electron chi connectivity index (χ4n) is 2.72.